The number of halogens is 2. The average Bonchev–Trinajstić information content (AvgIpc) is 2.53. The molecule has 0 heterocycles. The van der Waals surface area contributed by atoms with Gasteiger partial charge in [0.05, 0.1) is 19.1 Å². The smallest absolute Gasteiger partial charge is 0.245 e. The number of carbonyl (C=O) groups excluding carboxylic acids is 1. The lowest BCUT2D eigenvalue weighted by Crippen LogP contribution is -2.38. The van der Waals surface area contributed by atoms with Gasteiger partial charge in [-0.2, -0.15) is 0 Å². The van der Waals surface area contributed by atoms with Crippen LogP contribution in [0.2, 0.25) is 0 Å². The van der Waals surface area contributed by atoms with E-state index < -0.39 is 39.8 Å². The molecular formula is C16H16F2N2O4S. The van der Waals surface area contributed by atoms with E-state index in [2.05, 4.69) is 5.32 Å². The standard InChI is InChI=1S/C16H16F2N2O4S/c1-24-14-9-4-3-8-13(14)19-15(21)10-20(25(2,22)23)16-11(17)6-5-7-12(16)18/h3-9H,10H2,1-2H3,(H,19,21). The number of anilines is 2. The van der Waals surface area contributed by atoms with Crippen molar-refractivity contribution in [1.29, 1.82) is 0 Å². The summed E-state index contributed by atoms with van der Waals surface area (Å²) >= 11 is 0. The molecule has 0 spiro atoms. The lowest BCUT2D eigenvalue weighted by molar-refractivity contribution is -0.114. The zero-order valence-electron chi connectivity index (χ0n) is 13.5. The number of carbonyl (C=O) groups is 1. The third kappa shape index (κ3) is 4.44. The van der Waals surface area contributed by atoms with Crippen molar-refractivity contribution in [2.45, 2.75) is 0 Å². The minimum Gasteiger partial charge on any atom is -0.495 e. The molecule has 0 aliphatic rings. The number of sulfonamides is 1. The van der Waals surface area contributed by atoms with Crippen LogP contribution in [0.1, 0.15) is 0 Å². The van der Waals surface area contributed by atoms with Gasteiger partial charge in [-0.15, -0.1) is 0 Å². The van der Waals surface area contributed by atoms with Gasteiger partial charge in [-0.05, 0) is 24.3 Å². The average molecular weight is 370 g/mol. The van der Waals surface area contributed by atoms with Gasteiger partial charge in [0.25, 0.3) is 0 Å². The molecule has 0 radical (unpaired) electrons. The SMILES string of the molecule is COc1ccccc1NC(=O)CN(c1c(F)cccc1F)S(C)(=O)=O. The number of hydrogen-bond donors (Lipinski definition) is 1. The Morgan fingerprint density at radius 3 is 2.28 bits per heavy atom. The Labute approximate surface area is 144 Å². The fraction of sp³-hybridized carbons (Fsp3) is 0.188. The fourth-order valence-electron chi connectivity index (χ4n) is 2.16. The van der Waals surface area contributed by atoms with E-state index >= 15 is 0 Å². The van der Waals surface area contributed by atoms with Crippen molar-refractivity contribution < 1.29 is 26.7 Å². The molecule has 0 saturated heterocycles. The van der Waals surface area contributed by atoms with Gasteiger partial charge < -0.3 is 10.1 Å². The van der Waals surface area contributed by atoms with E-state index in [-0.39, 0.29) is 0 Å². The number of nitrogens with one attached hydrogen (secondary N) is 1. The number of hydrogen-bond acceptors (Lipinski definition) is 4. The lowest BCUT2D eigenvalue weighted by atomic mass is 10.2. The van der Waals surface area contributed by atoms with E-state index in [9.17, 15) is 22.0 Å². The molecule has 6 nitrogen and oxygen atoms in total. The maximum Gasteiger partial charge on any atom is 0.245 e. The molecule has 0 unspecified atom stereocenters. The monoisotopic (exact) mass is 370 g/mol. The van der Waals surface area contributed by atoms with Gasteiger partial charge in [0.1, 0.15) is 18.0 Å². The third-order valence-corrected chi connectivity index (χ3v) is 4.37. The molecule has 0 atom stereocenters. The van der Waals surface area contributed by atoms with E-state index in [0.29, 0.717) is 15.7 Å². The minimum atomic E-state index is -4.10. The first kappa shape index (κ1) is 18.7. The van der Waals surface area contributed by atoms with Gasteiger partial charge in [0, 0.05) is 0 Å². The van der Waals surface area contributed by atoms with Crippen molar-refractivity contribution in [1.82, 2.24) is 0 Å². The summed E-state index contributed by atoms with van der Waals surface area (Å²) in [5.74, 6) is -2.59. The van der Waals surface area contributed by atoms with Gasteiger partial charge in [0.2, 0.25) is 15.9 Å². The van der Waals surface area contributed by atoms with Crippen LogP contribution in [0.5, 0.6) is 5.75 Å². The van der Waals surface area contributed by atoms with E-state index in [4.69, 9.17) is 4.74 Å². The minimum absolute atomic E-state index is 0.303. The summed E-state index contributed by atoms with van der Waals surface area (Å²) in [7, 11) is -2.70. The molecule has 2 rings (SSSR count). The molecule has 1 N–H and O–H groups in total. The van der Waals surface area contributed by atoms with E-state index in [1.165, 1.54) is 7.11 Å². The molecule has 0 aromatic heterocycles. The molecular weight excluding hydrogens is 354 g/mol. The Balaban J connectivity index is 2.31. The Morgan fingerprint density at radius 1 is 1.12 bits per heavy atom. The summed E-state index contributed by atoms with van der Waals surface area (Å²) in [6, 6.07) is 9.40. The summed E-state index contributed by atoms with van der Waals surface area (Å²) in [6.07, 6.45) is 0.759. The predicted molar refractivity (Wildman–Crippen MR) is 90.2 cm³/mol. The highest BCUT2D eigenvalue weighted by atomic mass is 32.2. The first-order valence-electron chi connectivity index (χ1n) is 7.08. The van der Waals surface area contributed by atoms with Gasteiger partial charge in [-0.1, -0.05) is 18.2 Å². The van der Waals surface area contributed by atoms with E-state index in [0.717, 1.165) is 24.5 Å². The molecule has 0 aliphatic heterocycles. The zero-order chi connectivity index (χ0) is 18.6. The van der Waals surface area contributed by atoms with Crippen LogP contribution < -0.4 is 14.4 Å². The Hall–Kier alpha value is -2.68. The van der Waals surface area contributed by atoms with Gasteiger partial charge in [-0.25, -0.2) is 17.2 Å². The zero-order valence-corrected chi connectivity index (χ0v) is 14.3. The largest absolute Gasteiger partial charge is 0.495 e. The van der Waals surface area contributed by atoms with Gasteiger partial charge in [0.15, 0.2) is 11.6 Å². The number of benzene rings is 2. The number of amides is 1. The summed E-state index contributed by atoms with van der Waals surface area (Å²) in [5, 5.41) is 2.46. The molecule has 0 bridgehead atoms. The van der Waals surface area contributed by atoms with Crippen LogP contribution in [0.25, 0.3) is 0 Å². The van der Waals surface area contributed by atoms with Crippen molar-refractivity contribution in [2.24, 2.45) is 0 Å². The van der Waals surface area contributed by atoms with Crippen molar-refractivity contribution in [3.63, 3.8) is 0 Å². The summed E-state index contributed by atoms with van der Waals surface area (Å²) in [6.45, 7) is -0.797. The van der Waals surface area contributed by atoms with E-state index in [1.54, 1.807) is 24.3 Å². The normalized spacial score (nSPS) is 11.0. The highest BCUT2D eigenvalue weighted by Crippen LogP contribution is 2.26. The number of methoxy groups -OCH3 is 1. The number of nitrogens with zero attached hydrogens (tertiary/aromatic N) is 1. The Kier molecular flexibility index (Phi) is 5.58. The predicted octanol–water partition coefficient (Wildman–Crippen LogP) is 2.38. The molecule has 1 amide bonds. The molecule has 9 heteroatoms. The number of para-hydroxylation sites is 3. The molecule has 25 heavy (non-hydrogen) atoms. The fourth-order valence-corrected chi connectivity index (χ4v) is 3.02. The van der Waals surface area contributed by atoms with Crippen LogP contribution in [0.3, 0.4) is 0 Å². The van der Waals surface area contributed by atoms with Gasteiger partial charge in [-0.3, -0.25) is 9.10 Å². The van der Waals surface area contributed by atoms with Crippen molar-refractivity contribution >= 4 is 27.3 Å². The van der Waals surface area contributed by atoms with Crippen molar-refractivity contribution in [3.05, 3.63) is 54.1 Å². The van der Waals surface area contributed by atoms with Crippen LogP contribution in [0.4, 0.5) is 20.2 Å². The first-order valence-corrected chi connectivity index (χ1v) is 8.93. The quantitative estimate of drug-likeness (QED) is 0.847. The van der Waals surface area contributed by atoms with Crippen LogP contribution in [-0.4, -0.2) is 34.2 Å². The number of rotatable bonds is 6. The molecule has 0 aliphatic carbocycles. The number of ether oxygens (including phenoxy) is 1. The van der Waals surface area contributed by atoms with Crippen LogP contribution in [0, 0.1) is 11.6 Å². The van der Waals surface area contributed by atoms with Crippen molar-refractivity contribution in [2.75, 3.05) is 29.5 Å². The van der Waals surface area contributed by atoms with E-state index in [1.807, 2.05) is 0 Å². The maximum absolute atomic E-state index is 13.9. The second kappa shape index (κ2) is 7.47. The molecule has 0 saturated carbocycles. The summed E-state index contributed by atoms with van der Waals surface area (Å²) in [4.78, 5) is 12.2. The molecule has 0 fully saturated rings. The molecule has 2 aromatic rings. The summed E-state index contributed by atoms with van der Waals surface area (Å²) < 4.78 is 57.2. The topological polar surface area (TPSA) is 75.7 Å². The summed E-state index contributed by atoms with van der Waals surface area (Å²) in [5.41, 5.74) is -0.502. The second-order valence-corrected chi connectivity index (χ2v) is 7.00. The third-order valence-electron chi connectivity index (χ3n) is 3.26. The van der Waals surface area contributed by atoms with Crippen LogP contribution in [0.15, 0.2) is 42.5 Å². The van der Waals surface area contributed by atoms with Crippen LogP contribution >= 0.6 is 0 Å². The highest BCUT2D eigenvalue weighted by Gasteiger charge is 2.27. The Morgan fingerprint density at radius 2 is 1.72 bits per heavy atom. The second-order valence-electron chi connectivity index (χ2n) is 5.09. The van der Waals surface area contributed by atoms with Crippen LogP contribution in [-0.2, 0) is 14.8 Å². The Bertz CT molecular complexity index is 867. The molecule has 134 valence electrons. The van der Waals surface area contributed by atoms with Gasteiger partial charge >= 0.3 is 0 Å². The first-order chi connectivity index (χ1) is 11.7. The highest BCUT2D eigenvalue weighted by molar-refractivity contribution is 7.92. The maximum atomic E-state index is 13.9. The lowest BCUT2D eigenvalue weighted by Gasteiger charge is -2.23. The molecule has 2 aromatic carbocycles. The van der Waals surface area contributed by atoms with Crippen molar-refractivity contribution in [3.8, 4) is 5.75 Å².